The van der Waals surface area contributed by atoms with Gasteiger partial charge in [-0.15, -0.1) is 0 Å². The summed E-state index contributed by atoms with van der Waals surface area (Å²) in [7, 11) is -3.81. The van der Waals surface area contributed by atoms with Gasteiger partial charge in [-0.3, -0.25) is 9.52 Å². The first kappa shape index (κ1) is 18.0. The average Bonchev–Trinajstić information content (AvgIpc) is 2.54. The van der Waals surface area contributed by atoms with Gasteiger partial charge in [-0.25, -0.2) is 8.42 Å². The lowest BCUT2D eigenvalue weighted by atomic mass is 10.0. The maximum absolute atomic E-state index is 12.8. The lowest BCUT2D eigenvalue weighted by Crippen LogP contribution is -2.18. The number of carbonyl (C=O) groups excluding carboxylic acids is 1. The van der Waals surface area contributed by atoms with Crippen molar-refractivity contribution in [2.24, 2.45) is 5.73 Å². The smallest absolute Gasteiger partial charge is 0.261 e. The third kappa shape index (κ3) is 3.59. The van der Waals surface area contributed by atoms with Crippen molar-refractivity contribution in [1.29, 1.82) is 0 Å². The number of sulfonamides is 1. The van der Waals surface area contributed by atoms with Crippen LogP contribution in [0.1, 0.15) is 40.9 Å². The van der Waals surface area contributed by atoms with Crippen LogP contribution in [0.4, 0.5) is 5.69 Å². The monoisotopic (exact) mass is 346 g/mol. The van der Waals surface area contributed by atoms with Gasteiger partial charge in [-0.2, -0.15) is 0 Å². The van der Waals surface area contributed by atoms with E-state index in [4.69, 9.17) is 5.73 Å². The van der Waals surface area contributed by atoms with E-state index in [1.54, 1.807) is 13.0 Å². The fourth-order valence-electron chi connectivity index (χ4n) is 2.60. The summed E-state index contributed by atoms with van der Waals surface area (Å²) in [5.41, 5.74) is 8.64. The first-order chi connectivity index (χ1) is 11.3. The lowest BCUT2D eigenvalue weighted by molar-refractivity contribution is 0.0999. The molecule has 2 rings (SSSR count). The summed E-state index contributed by atoms with van der Waals surface area (Å²) in [4.78, 5) is 11.5. The lowest BCUT2D eigenvalue weighted by Gasteiger charge is -2.16. The number of hydrogen-bond donors (Lipinski definition) is 2. The Bertz CT molecular complexity index is 852. The van der Waals surface area contributed by atoms with Crippen LogP contribution in [0.15, 0.2) is 41.3 Å². The fourth-order valence-corrected chi connectivity index (χ4v) is 3.77. The number of para-hydroxylation sites is 1. The standard InChI is InChI=1S/C18H22N2O3S/c1-4-13-7-6-8-14(5-2)17(13)20-24(22,23)15-10-9-12(3)16(11-15)18(19)21/h6-11,20H,4-5H2,1-3H3,(H2,19,21). The van der Waals surface area contributed by atoms with E-state index >= 15 is 0 Å². The van der Waals surface area contributed by atoms with Crippen LogP contribution in [0.5, 0.6) is 0 Å². The number of aryl methyl sites for hydroxylation is 3. The predicted octanol–water partition coefficient (Wildman–Crippen LogP) is 3.02. The molecule has 0 aliphatic heterocycles. The molecule has 0 aliphatic carbocycles. The second-order valence-electron chi connectivity index (χ2n) is 5.60. The Balaban J connectivity index is 2.50. The summed E-state index contributed by atoms with van der Waals surface area (Å²) >= 11 is 0. The van der Waals surface area contributed by atoms with Gasteiger partial charge in [0.05, 0.1) is 10.6 Å². The molecule has 0 radical (unpaired) electrons. The van der Waals surface area contributed by atoms with Gasteiger partial charge in [0.25, 0.3) is 10.0 Å². The van der Waals surface area contributed by atoms with Crippen molar-refractivity contribution in [3.8, 4) is 0 Å². The second-order valence-corrected chi connectivity index (χ2v) is 7.29. The van der Waals surface area contributed by atoms with Crippen LogP contribution < -0.4 is 10.5 Å². The summed E-state index contributed by atoms with van der Waals surface area (Å²) in [5.74, 6) is -0.646. The number of nitrogens with one attached hydrogen (secondary N) is 1. The maximum Gasteiger partial charge on any atom is 0.261 e. The molecule has 0 spiro atoms. The van der Waals surface area contributed by atoms with Crippen LogP contribution in [-0.4, -0.2) is 14.3 Å². The molecule has 2 aromatic carbocycles. The highest BCUT2D eigenvalue weighted by atomic mass is 32.2. The van der Waals surface area contributed by atoms with E-state index < -0.39 is 15.9 Å². The number of nitrogens with two attached hydrogens (primary N) is 1. The van der Waals surface area contributed by atoms with Crippen molar-refractivity contribution in [3.05, 3.63) is 58.7 Å². The van der Waals surface area contributed by atoms with E-state index in [1.807, 2.05) is 32.0 Å². The minimum atomic E-state index is -3.81. The van der Waals surface area contributed by atoms with E-state index in [-0.39, 0.29) is 10.5 Å². The molecule has 1 amide bonds. The number of carbonyl (C=O) groups is 1. The summed E-state index contributed by atoms with van der Waals surface area (Å²) < 4.78 is 28.2. The van der Waals surface area contributed by atoms with Gasteiger partial charge in [0.1, 0.15) is 0 Å². The van der Waals surface area contributed by atoms with Gasteiger partial charge in [-0.1, -0.05) is 38.1 Å². The third-order valence-corrected chi connectivity index (χ3v) is 5.37. The molecular weight excluding hydrogens is 324 g/mol. The van der Waals surface area contributed by atoms with E-state index in [0.717, 1.165) is 11.1 Å². The Kier molecular flexibility index (Phi) is 5.29. The first-order valence-corrected chi connectivity index (χ1v) is 9.32. The third-order valence-electron chi connectivity index (χ3n) is 4.02. The first-order valence-electron chi connectivity index (χ1n) is 7.84. The Morgan fingerprint density at radius 1 is 1.08 bits per heavy atom. The van der Waals surface area contributed by atoms with Crippen LogP contribution in [0.25, 0.3) is 0 Å². The van der Waals surface area contributed by atoms with Crippen molar-refractivity contribution in [2.75, 3.05) is 4.72 Å². The average molecular weight is 346 g/mol. The van der Waals surface area contributed by atoms with E-state index in [9.17, 15) is 13.2 Å². The molecule has 2 aromatic rings. The van der Waals surface area contributed by atoms with Crippen molar-refractivity contribution in [1.82, 2.24) is 0 Å². The molecule has 0 aliphatic rings. The minimum Gasteiger partial charge on any atom is -0.366 e. The maximum atomic E-state index is 12.8. The SMILES string of the molecule is CCc1cccc(CC)c1NS(=O)(=O)c1ccc(C)c(C(N)=O)c1. The van der Waals surface area contributed by atoms with E-state index in [2.05, 4.69) is 4.72 Å². The molecule has 0 unspecified atom stereocenters. The molecule has 0 saturated heterocycles. The van der Waals surface area contributed by atoms with Crippen molar-refractivity contribution < 1.29 is 13.2 Å². The van der Waals surface area contributed by atoms with Crippen LogP contribution in [0.2, 0.25) is 0 Å². The Labute approximate surface area is 142 Å². The molecule has 128 valence electrons. The summed E-state index contributed by atoms with van der Waals surface area (Å²) in [6, 6.07) is 10.1. The Morgan fingerprint density at radius 3 is 2.17 bits per heavy atom. The second kappa shape index (κ2) is 7.05. The van der Waals surface area contributed by atoms with E-state index in [0.29, 0.717) is 24.1 Å². The Hall–Kier alpha value is -2.34. The molecule has 6 heteroatoms. The zero-order valence-corrected chi connectivity index (χ0v) is 14.9. The summed E-state index contributed by atoms with van der Waals surface area (Å²) in [6.07, 6.45) is 1.43. The highest BCUT2D eigenvalue weighted by Gasteiger charge is 2.19. The number of rotatable bonds is 6. The molecule has 5 nitrogen and oxygen atoms in total. The topological polar surface area (TPSA) is 89.3 Å². The van der Waals surface area contributed by atoms with Crippen molar-refractivity contribution in [2.45, 2.75) is 38.5 Å². The van der Waals surface area contributed by atoms with Crippen molar-refractivity contribution in [3.63, 3.8) is 0 Å². The molecular formula is C18H22N2O3S. The largest absolute Gasteiger partial charge is 0.366 e. The van der Waals surface area contributed by atoms with Crippen LogP contribution in [-0.2, 0) is 22.9 Å². The Morgan fingerprint density at radius 2 is 1.67 bits per heavy atom. The molecule has 0 bridgehead atoms. The number of anilines is 1. The zero-order chi connectivity index (χ0) is 17.9. The quantitative estimate of drug-likeness (QED) is 0.842. The van der Waals surface area contributed by atoms with E-state index in [1.165, 1.54) is 12.1 Å². The number of benzene rings is 2. The minimum absolute atomic E-state index is 0.0230. The zero-order valence-electron chi connectivity index (χ0n) is 14.1. The summed E-state index contributed by atoms with van der Waals surface area (Å²) in [5, 5.41) is 0. The molecule has 0 atom stereocenters. The van der Waals surface area contributed by atoms with Gasteiger partial charge in [-0.05, 0) is 48.6 Å². The van der Waals surface area contributed by atoms with Gasteiger partial charge in [0.2, 0.25) is 5.91 Å². The molecule has 24 heavy (non-hydrogen) atoms. The molecule has 0 aromatic heterocycles. The van der Waals surface area contributed by atoms with Gasteiger partial charge < -0.3 is 5.73 Å². The number of hydrogen-bond acceptors (Lipinski definition) is 3. The molecule has 0 saturated carbocycles. The van der Waals surface area contributed by atoms with Crippen LogP contribution in [0, 0.1) is 6.92 Å². The van der Waals surface area contributed by atoms with Gasteiger partial charge in [0, 0.05) is 5.56 Å². The van der Waals surface area contributed by atoms with Gasteiger partial charge in [0.15, 0.2) is 0 Å². The molecule has 0 heterocycles. The highest BCUT2D eigenvalue weighted by Crippen LogP contribution is 2.26. The molecule has 0 fully saturated rings. The number of primary amides is 1. The predicted molar refractivity (Wildman–Crippen MR) is 95.7 cm³/mol. The normalized spacial score (nSPS) is 11.3. The van der Waals surface area contributed by atoms with Crippen LogP contribution >= 0.6 is 0 Å². The summed E-state index contributed by atoms with van der Waals surface area (Å²) in [6.45, 7) is 5.67. The highest BCUT2D eigenvalue weighted by molar-refractivity contribution is 7.92. The fraction of sp³-hybridized carbons (Fsp3) is 0.278. The number of amides is 1. The van der Waals surface area contributed by atoms with Crippen molar-refractivity contribution >= 4 is 21.6 Å². The van der Waals surface area contributed by atoms with Gasteiger partial charge >= 0.3 is 0 Å². The van der Waals surface area contributed by atoms with Crippen LogP contribution in [0.3, 0.4) is 0 Å². The molecule has 3 N–H and O–H groups in total.